The Morgan fingerprint density at radius 3 is 1.37 bits per heavy atom. The maximum Gasteiger partial charge on any atom is 0.288 e. The van der Waals surface area contributed by atoms with E-state index >= 15 is 0 Å². The average molecular weight is 523 g/mol. The molecule has 0 heterocycles. The van der Waals surface area contributed by atoms with Gasteiger partial charge in [-0.15, -0.1) is 0 Å². The first-order chi connectivity index (χ1) is 18.2. The van der Waals surface area contributed by atoms with Crippen molar-refractivity contribution in [3.63, 3.8) is 0 Å². The van der Waals surface area contributed by atoms with Crippen molar-refractivity contribution < 1.29 is 38.2 Å². The Bertz CT molecular complexity index is 1140. The Morgan fingerprint density at radius 1 is 0.658 bits per heavy atom. The SMILES string of the molecule is COc1cccc(C(=O)CC(=O)C(=O)NC2CCC(NC(=O)C(=O)CC(=O)c3cccc(OC)c3)CC2)c1. The number of hydrogen-bond acceptors (Lipinski definition) is 8. The summed E-state index contributed by atoms with van der Waals surface area (Å²) in [5.41, 5.74) is 0.558. The van der Waals surface area contributed by atoms with E-state index in [1.807, 2.05) is 0 Å². The van der Waals surface area contributed by atoms with Crippen LogP contribution in [0.3, 0.4) is 0 Å². The van der Waals surface area contributed by atoms with E-state index < -0.39 is 47.8 Å². The summed E-state index contributed by atoms with van der Waals surface area (Å²) in [6.45, 7) is 0. The summed E-state index contributed by atoms with van der Waals surface area (Å²) in [4.78, 5) is 73.9. The van der Waals surface area contributed by atoms with Crippen LogP contribution in [0.15, 0.2) is 48.5 Å². The number of carbonyl (C=O) groups excluding carboxylic acids is 6. The maximum atomic E-state index is 12.3. The first-order valence-electron chi connectivity index (χ1n) is 12.2. The number of ketones is 4. The molecule has 3 rings (SSSR count). The molecule has 2 N–H and O–H groups in total. The molecule has 0 saturated heterocycles. The van der Waals surface area contributed by atoms with Crippen molar-refractivity contribution in [1.82, 2.24) is 10.6 Å². The zero-order valence-electron chi connectivity index (χ0n) is 21.3. The van der Waals surface area contributed by atoms with Gasteiger partial charge < -0.3 is 20.1 Å². The molecule has 1 fully saturated rings. The molecule has 1 aliphatic carbocycles. The molecule has 2 amide bonds. The highest BCUT2D eigenvalue weighted by Gasteiger charge is 2.28. The topological polar surface area (TPSA) is 145 Å². The fraction of sp³-hybridized carbons (Fsp3) is 0.357. The van der Waals surface area contributed by atoms with E-state index in [-0.39, 0.29) is 23.2 Å². The van der Waals surface area contributed by atoms with Gasteiger partial charge in [-0.3, -0.25) is 28.8 Å². The molecule has 0 unspecified atom stereocenters. The van der Waals surface area contributed by atoms with Crippen molar-refractivity contribution in [3.05, 3.63) is 59.7 Å². The summed E-state index contributed by atoms with van der Waals surface area (Å²) < 4.78 is 10.1. The molecule has 2 aromatic rings. The second-order valence-electron chi connectivity index (χ2n) is 9.01. The Morgan fingerprint density at radius 2 is 1.03 bits per heavy atom. The predicted molar refractivity (Wildman–Crippen MR) is 136 cm³/mol. The number of amides is 2. The lowest BCUT2D eigenvalue weighted by molar-refractivity contribution is -0.138. The Balaban J connectivity index is 1.41. The predicted octanol–water partition coefficient (Wildman–Crippen LogP) is 2.23. The molecule has 0 bridgehead atoms. The number of nitrogens with one attached hydrogen (secondary N) is 2. The fourth-order valence-electron chi connectivity index (χ4n) is 4.16. The average Bonchev–Trinajstić information content (AvgIpc) is 2.93. The van der Waals surface area contributed by atoms with Crippen molar-refractivity contribution in [2.24, 2.45) is 0 Å². The van der Waals surface area contributed by atoms with Gasteiger partial charge in [-0.05, 0) is 49.9 Å². The van der Waals surface area contributed by atoms with E-state index in [2.05, 4.69) is 10.6 Å². The van der Waals surface area contributed by atoms with Gasteiger partial charge in [0.1, 0.15) is 11.5 Å². The van der Waals surface area contributed by atoms with Crippen LogP contribution in [0.2, 0.25) is 0 Å². The lowest BCUT2D eigenvalue weighted by Crippen LogP contribution is -2.47. The van der Waals surface area contributed by atoms with Crippen LogP contribution in [0.1, 0.15) is 59.2 Å². The molecule has 0 spiro atoms. The van der Waals surface area contributed by atoms with Crippen LogP contribution in [-0.4, -0.2) is 61.3 Å². The Hall–Kier alpha value is -4.34. The molecule has 2 aromatic carbocycles. The summed E-state index contributed by atoms with van der Waals surface area (Å²) in [6, 6.07) is 12.1. The smallest absolute Gasteiger partial charge is 0.288 e. The lowest BCUT2D eigenvalue weighted by Gasteiger charge is -2.29. The molecular weight excluding hydrogens is 492 g/mol. The molecule has 1 aliphatic rings. The van der Waals surface area contributed by atoms with Crippen LogP contribution in [0, 0.1) is 0 Å². The largest absolute Gasteiger partial charge is 0.497 e. The summed E-state index contributed by atoms with van der Waals surface area (Å²) in [6.07, 6.45) is 0.799. The molecule has 1 saturated carbocycles. The van der Waals surface area contributed by atoms with E-state index in [1.54, 1.807) is 36.4 Å². The number of Topliss-reactive ketones (excluding diaryl/α,β-unsaturated/α-hetero) is 4. The second kappa shape index (κ2) is 13.3. The van der Waals surface area contributed by atoms with Crippen LogP contribution in [0.4, 0.5) is 0 Å². The van der Waals surface area contributed by atoms with Crippen molar-refractivity contribution >= 4 is 34.9 Å². The van der Waals surface area contributed by atoms with Crippen LogP contribution in [0.25, 0.3) is 0 Å². The van der Waals surface area contributed by atoms with Crippen molar-refractivity contribution in [1.29, 1.82) is 0 Å². The quantitative estimate of drug-likeness (QED) is 0.245. The number of methoxy groups -OCH3 is 2. The van der Waals surface area contributed by atoms with Gasteiger partial charge in [0.25, 0.3) is 11.8 Å². The van der Waals surface area contributed by atoms with Crippen molar-refractivity contribution in [3.8, 4) is 11.5 Å². The van der Waals surface area contributed by atoms with E-state index in [0.717, 1.165) is 0 Å². The number of ether oxygens (including phenoxy) is 2. The third-order valence-corrected chi connectivity index (χ3v) is 6.33. The number of carbonyl (C=O) groups is 6. The van der Waals surface area contributed by atoms with Crippen LogP contribution in [0.5, 0.6) is 11.5 Å². The number of hydrogen-bond donors (Lipinski definition) is 2. The monoisotopic (exact) mass is 522 g/mol. The number of benzene rings is 2. The van der Waals surface area contributed by atoms with Crippen LogP contribution < -0.4 is 20.1 Å². The van der Waals surface area contributed by atoms with Crippen LogP contribution >= 0.6 is 0 Å². The van der Waals surface area contributed by atoms with E-state index in [0.29, 0.717) is 37.2 Å². The summed E-state index contributed by atoms with van der Waals surface area (Å²) in [5.74, 6) is -3.35. The molecule has 200 valence electrons. The minimum absolute atomic E-state index is 0.279. The number of rotatable bonds is 12. The third kappa shape index (κ3) is 7.83. The second-order valence-corrected chi connectivity index (χ2v) is 9.01. The summed E-state index contributed by atoms with van der Waals surface area (Å²) >= 11 is 0. The third-order valence-electron chi connectivity index (χ3n) is 6.33. The van der Waals surface area contributed by atoms with Gasteiger partial charge in [-0.2, -0.15) is 0 Å². The van der Waals surface area contributed by atoms with Gasteiger partial charge in [0.05, 0.1) is 27.1 Å². The minimum atomic E-state index is -0.834. The van der Waals surface area contributed by atoms with E-state index in [9.17, 15) is 28.8 Å². The molecule has 0 aromatic heterocycles. The zero-order valence-corrected chi connectivity index (χ0v) is 21.3. The van der Waals surface area contributed by atoms with E-state index in [4.69, 9.17) is 9.47 Å². The lowest BCUT2D eigenvalue weighted by atomic mass is 9.90. The first kappa shape index (κ1) is 28.2. The maximum absolute atomic E-state index is 12.3. The molecule has 38 heavy (non-hydrogen) atoms. The van der Waals surface area contributed by atoms with Gasteiger partial charge in [0.15, 0.2) is 11.6 Å². The van der Waals surface area contributed by atoms with Gasteiger partial charge in [0.2, 0.25) is 11.6 Å². The Kier molecular flexibility index (Phi) is 9.86. The highest BCUT2D eigenvalue weighted by Crippen LogP contribution is 2.20. The molecular formula is C28H30N2O8. The fourth-order valence-corrected chi connectivity index (χ4v) is 4.16. The summed E-state index contributed by atoms with van der Waals surface area (Å²) in [5, 5.41) is 5.30. The normalized spacial score (nSPS) is 16.6. The van der Waals surface area contributed by atoms with Gasteiger partial charge in [-0.1, -0.05) is 24.3 Å². The molecule has 10 nitrogen and oxygen atoms in total. The molecule has 10 heteroatoms. The van der Waals surface area contributed by atoms with Crippen LogP contribution in [-0.2, 0) is 19.2 Å². The highest BCUT2D eigenvalue weighted by molar-refractivity contribution is 6.40. The highest BCUT2D eigenvalue weighted by atomic mass is 16.5. The minimum Gasteiger partial charge on any atom is -0.497 e. The van der Waals surface area contributed by atoms with Gasteiger partial charge in [0, 0.05) is 23.2 Å². The van der Waals surface area contributed by atoms with E-state index in [1.165, 1.54) is 26.4 Å². The summed E-state index contributed by atoms with van der Waals surface area (Å²) in [7, 11) is 2.93. The standard InChI is InChI=1S/C28H30N2O8/c1-37-21-7-3-5-17(13-21)23(31)15-25(33)27(35)29-19-9-11-20(12-10-19)30-28(36)26(34)16-24(32)18-6-4-8-22(14-18)38-2/h3-8,13-14,19-20H,9-12,15-16H2,1-2H3,(H,29,35)(H,30,36). The van der Waals surface area contributed by atoms with Gasteiger partial charge in [-0.25, -0.2) is 0 Å². The molecule has 0 radical (unpaired) electrons. The zero-order chi connectivity index (χ0) is 27.7. The molecule has 0 atom stereocenters. The van der Waals surface area contributed by atoms with Crippen molar-refractivity contribution in [2.75, 3.05) is 14.2 Å². The Labute approximate surface area is 220 Å². The molecule has 0 aliphatic heterocycles. The van der Waals surface area contributed by atoms with Crippen molar-refractivity contribution in [2.45, 2.75) is 50.6 Å². The first-order valence-corrected chi connectivity index (χ1v) is 12.2. The van der Waals surface area contributed by atoms with Gasteiger partial charge >= 0.3 is 0 Å².